The van der Waals surface area contributed by atoms with Crippen LogP contribution in [0.5, 0.6) is 5.75 Å². The van der Waals surface area contributed by atoms with Gasteiger partial charge in [-0.05, 0) is 23.8 Å². The molecule has 0 N–H and O–H groups in total. The van der Waals surface area contributed by atoms with Crippen LogP contribution in [0.15, 0.2) is 83.8 Å². The van der Waals surface area contributed by atoms with E-state index in [1.165, 1.54) is 12.0 Å². The molecular formula is C26H20ClNO4S2. The Balaban J connectivity index is 1.61. The number of nitrogens with zero attached hydrogens (tertiary/aromatic N) is 1. The van der Waals surface area contributed by atoms with Crippen molar-refractivity contribution in [3.63, 3.8) is 0 Å². The summed E-state index contributed by atoms with van der Waals surface area (Å²) >= 11 is 12.9. The summed E-state index contributed by atoms with van der Waals surface area (Å²) in [7, 11) is 1.29. The molecule has 1 atom stereocenters. The molecule has 0 bridgehead atoms. The van der Waals surface area contributed by atoms with E-state index in [4.69, 9.17) is 33.3 Å². The summed E-state index contributed by atoms with van der Waals surface area (Å²) < 4.78 is 11.3. The van der Waals surface area contributed by atoms with E-state index in [-0.39, 0.29) is 16.8 Å². The van der Waals surface area contributed by atoms with Crippen LogP contribution in [0.2, 0.25) is 5.02 Å². The summed E-state index contributed by atoms with van der Waals surface area (Å²) in [4.78, 5) is 27.7. The van der Waals surface area contributed by atoms with E-state index >= 15 is 0 Å². The second-order valence-electron chi connectivity index (χ2n) is 7.31. The van der Waals surface area contributed by atoms with Gasteiger partial charge in [-0.3, -0.25) is 9.69 Å². The zero-order valence-corrected chi connectivity index (χ0v) is 20.5. The molecule has 1 aliphatic rings. The predicted molar refractivity (Wildman–Crippen MR) is 138 cm³/mol. The Bertz CT molecular complexity index is 1260. The number of methoxy groups -OCH3 is 1. The summed E-state index contributed by atoms with van der Waals surface area (Å²) in [6.07, 6.45) is 1.72. The molecular weight excluding hydrogens is 490 g/mol. The molecule has 1 heterocycles. The van der Waals surface area contributed by atoms with Crippen LogP contribution in [-0.2, 0) is 20.9 Å². The van der Waals surface area contributed by atoms with Crippen LogP contribution in [0.3, 0.4) is 0 Å². The highest BCUT2D eigenvalue weighted by atomic mass is 35.5. The van der Waals surface area contributed by atoms with Crippen LogP contribution in [0, 0.1) is 0 Å². The van der Waals surface area contributed by atoms with E-state index in [1.54, 1.807) is 30.3 Å². The van der Waals surface area contributed by atoms with E-state index in [0.29, 0.717) is 26.8 Å². The van der Waals surface area contributed by atoms with Gasteiger partial charge in [-0.1, -0.05) is 102 Å². The number of benzene rings is 3. The number of rotatable bonds is 7. The number of esters is 1. The van der Waals surface area contributed by atoms with Crippen LogP contribution in [0.4, 0.5) is 0 Å². The SMILES string of the molecule is COC(=O)C(c1ccccc1)N1C(=O)/C(=C\c2ccccc2OCc2ccccc2Cl)SC1=S. The maximum Gasteiger partial charge on any atom is 0.333 e. The summed E-state index contributed by atoms with van der Waals surface area (Å²) in [6.45, 7) is 0.282. The molecule has 1 saturated heterocycles. The fourth-order valence-corrected chi connectivity index (χ4v) is 4.98. The number of amides is 1. The number of ether oxygens (including phenoxy) is 2. The molecule has 0 radical (unpaired) electrons. The number of halogens is 1. The van der Waals surface area contributed by atoms with Crippen molar-refractivity contribution < 1.29 is 19.1 Å². The van der Waals surface area contributed by atoms with Gasteiger partial charge in [0.15, 0.2) is 6.04 Å². The lowest BCUT2D eigenvalue weighted by Crippen LogP contribution is -2.37. The van der Waals surface area contributed by atoms with Gasteiger partial charge in [0.1, 0.15) is 16.7 Å². The van der Waals surface area contributed by atoms with Crippen molar-refractivity contribution in [1.82, 2.24) is 4.90 Å². The van der Waals surface area contributed by atoms with Crippen molar-refractivity contribution in [2.75, 3.05) is 7.11 Å². The summed E-state index contributed by atoms with van der Waals surface area (Å²) in [5.74, 6) is -0.331. The van der Waals surface area contributed by atoms with Gasteiger partial charge >= 0.3 is 5.97 Å². The monoisotopic (exact) mass is 509 g/mol. The van der Waals surface area contributed by atoms with Gasteiger partial charge in [0, 0.05) is 16.1 Å². The predicted octanol–water partition coefficient (Wildman–Crippen LogP) is 6.03. The molecule has 0 aromatic heterocycles. The third kappa shape index (κ3) is 5.17. The van der Waals surface area contributed by atoms with E-state index < -0.39 is 12.0 Å². The van der Waals surface area contributed by atoms with Gasteiger partial charge in [-0.15, -0.1) is 0 Å². The molecule has 0 saturated carbocycles. The highest BCUT2D eigenvalue weighted by Crippen LogP contribution is 2.39. The number of hydrogen-bond acceptors (Lipinski definition) is 6. The molecule has 0 aliphatic carbocycles. The molecule has 5 nitrogen and oxygen atoms in total. The number of hydrogen-bond donors (Lipinski definition) is 0. The van der Waals surface area contributed by atoms with Crippen molar-refractivity contribution in [3.05, 3.63) is 105 Å². The largest absolute Gasteiger partial charge is 0.488 e. The number of para-hydroxylation sites is 1. The summed E-state index contributed by atoms with van der Waals surface area (Å²) in [6, 6.07) is 22.8. The topological polar surface area (TPSA) is 55.8 Å². The van der Waals surface area contributed by atoms with E-state index in [9.17, 15) is 9.59 Å². The lowest BCUT2D eigenvalue weighted by atomic mass is 10.1. The van der Waals surface area contributed by atoms with Gasteiger partial charge in [0.25, 0.3) is 5.91 Å². The molecule has 1 amide bonds. The number of thioether (sulfide) groups is 1. The number of carbonyl (C=O) groups is 2. The highest BCUT2D eigenvalue weighted by Gasteiger charge is 2.41. The van der Waals surface area contributed by atoms with Gasteiger partial charge in [-0.25, -0.2) is 4.79 Å². The minimum Gasteiger partial charge on any atom is -0.488 e. The quantitative estimate of drug-likeness (QED) is 0.220. The molecule has 8 heteroatoms. The average Bonchev–Trinajstić information content (AvgIpc) is 3.13. The maximum atomic E-state index is 13.4. The van der Waals surface area contributed by atoms with Crippen LogP contribution >= 0.6 is 35.6 Å². The zero-order chi connectivity index (χ0) is 24.1. The molecule has 3 aromatic carbocycles. The zero-order valence-electron chi connectivity index (χ0n) is 18.1. The molecule has 1 fully saturated rings. The molecule has 1 aliphatic heterocycles. The second-order valence-corrected chi connectivity index (χ2v) is 9.39. The van der Waals surface area contributed by atoms with Crippen LogP contribution in [-0.4, -0.2) is 28.2 Å². The second kappa shape index (κ2) is 10.9. The first kappa shape index (κ1) is 24.0. The Morgan fingerprint density at radius 1 is 1.06 bits per heavy atom. The van der Waals surface area contributed by atoms with E-state index in [2.05, 4.69) is 0 Å². The molecule has 172 valence electrons. The Labute approximate surface area is 212 Å². The third-order valence-electron chi connectivity index (χ3n) is 5.17. The first-order valence-corrected chi connectivity index (χ1v) is 11.9. The minimum atomic E-state index is -0.962. The van der Waals surface area contributed by atoms with Gasteiger partial charge < -0.3 is 9.47 Å². The van der Waals surface area contributed by atoms with Gasteiger partial charge in [0.05, 0.1) is 12.0 Å². The van der Waals surface area contributed by atoms with Crippen molar-refractivity contribution >= 4 is 57.9 Å². The number of thiocarbonyl (C=S) groups is 1. The third-order valence-corrected chi connectivity index (χ3v) is 6.87. The van der Waals surface area contributed by atoms with Crippen molar-refractivity contribution in [1.29, 1.82) is 0 Å². The minimum absolute atomic E-state index is 0.282. The van der Waals surface area contributed by atoms with Gasteiger partial charge in [-0.2, -0.15) is 0 Å². The van der Waals surface area contributed by atoms with E-state index in [0.717, 1.165) is 17.3 Å². The fraction of sp³-hybridized carbons (Fsp3) is 0.115. The Kier molecular flexibility index (Phi) is 7.67. The van der Waals surface area contributed by atoms with Crippen LogP contribution in [0.25, 0.3) is 6.08 Å². The lowest BCUT2D eigenvalue weighted by molar-refractivity contribution is -0.148. The number of carbonyl (C=O) groups excluding carboxylic acids is 2. The van der Waals surface area contributed by atoms with Crippen molar-refractivity contribution in [2.45, 2.75) is 12.6 Å². The summed E-state index contributed by atoms with van der Waals surface area (Å²) in [5.41, 5.74) is 2.19. The van der Waals surface area contributed by atoms with Crippen LogP contribution in [0.1, 0.15) is 22.7 Å². The average molecular weight is 510 g/mol. The fourth-order valence-electron chi connectivity index (χ4n) is 3.48. The molecule has 3 aromatic rings. The molecule has 1 unspecified atom stereocenters. The van der Waals surface area contributed by atoms with Crippen molar-refractivity contribution in [2.24, 2.45) is 0 Å². The Hall–Kier alpha value is -3.13. The Morgan fingerprint density at radius 3 is 2.47 bits per heavy atom. The van der Waals surface area contributed by atoms with Crippen LogP contribution < -0.4 is 4.74 Å². The smallest absolute Gasteiger partial charge is 0.333 e. The standard InChI is InChI=1S/C26H20ClNO4S2/c1-31-25(30)23(17-9-3-2-4-10-17)28-24(29)22(34-26(28)33)15-18-11-6-8-14-21(18)32-16-19-12-5-7-13-20(19)27/h2-15,23H,16H2,1H3/b22-15+. The first-order chi connectivity index (χ1) is 16.5. The van der Waals surface area contributed by atoms with Crippen molar-refractivity contribution in [3.8, 4) is 5.75 Å². The molecule has 4 rings (SSSR count). The molecule has 0 spiro atoms. The van der Waals surface area contributed by atoms with E-state index in [1.807, 2.05) is 54.6 Å². The lowest BCUT2D eigenvalue weighted by Gasteiger charge is -2.24. The summed E-state index contributed by atoms with van der Waals surface area (Å²) in [5, 5.41) is 0.621. The highest BCUT2D eigenvalue weighted by molar-refractivity contribution is 8.26. The maximum absolute atomic E-state index is 13.4. The van der Waals surface area contributed by atoms with Gasteiger partial charge in [0.2, 0.25) is 0 Å². The Morgan fingerprint density at radius 2 is 1.74 bits per heavy atom. The molecule has 34 heavy (non-hydrogen) atoms. The normalized spacial score (nSPS) is 15.5. The first-order valence-electron chi connectivity index (χ1n) is 10.3.